The quantitative estimate of drug-likeness (QED) is 0.840. The fourth-order valence-electron chi connectivity index (χ4n) is 4.18. The molecule has 4 nitrogen and oxygen atoms in total. The number of benzene rings is 2. The Morgan fingerprint density at radius 1 is 0.885 bits per heavy atom. The van der Waals surface area contributed by atoms with Crippen LogP contribution < -0.4 is 14.2 Å². The Morgan fingerprint density at radius 2 is 1.42 bits per heavy atom. The molecule has 0 bridgehead atoms. The minimum atomic E-state index is -0.664. The van der Waals surface area contributed by atoms with Crippen molar-refractivity contribution in [1.29, 1.82) is 0 Å². The van der Waals surface area contributed by atoms with E-state index in [0.717, 1.165) is 45.9 Å². The molecular weight excluding hydrogens is 328 g/mol. The maximum Gasteiger partial charge on any atom is 0.136 e. The molecule has 1 aliphatic rings. The lowest BCUT2D eigenvalue weighted by molar-refractivity contribution is 0.0300. The third-order valence-electron chi connectivity index (χ3n) is 5.42. The van der Waals surface area contributed by atoms with Crippen LogP contribution in [0.15, 0.2) is 24.3 Å². The van der Waals surface area contributed by atoms with Gasteiger partial charge in [0.25, 0.3) is 0 Å². The summed E-state index contributed by atoms with van der Waals surface area (Å²) in [6.45, 7) is 10.4. The summed E-state index contributed by atoms with van der Waals surface area (Å²) in [6.07, 6.45) is 0.721. The lowest BCUT2D eigenvalue weighted by Gasteiger charge is -2.45. The zero-order chi connectivity index (χ0) is 19.3. The van der Waals surface area contributed by atoms with Crippen LogP contribution in [-0.2, 0) is 11.0 Å². The number of fused-ring (bicyclic) bond motifs is 1. The number of aromatic hydroxyl groups is 1. The third kappa shape index (κ3) is 2.87. The molecule has 4 heteroatoms. The van der Waals surface area contributed by atoms with Gasteiger partial charge in [0.05, 0.1) is 14.2 Å². The van der Waals surface area contributed by atoms with Gasteiger partial charge in [0.15, 0.2) is 0 Å². The van der Waals surface area contributed by atoms with Crippen LogP contribution in [0.2, 0.25) is 0 Å². The molecule has 0 fully saturated rings. The molecule has 0 saturated heterocycles. The van der Waals surface area contributed by atoms with Gasteiger partial charge in [-0.1, -0.05) is 13.8 Å². The van der Waals surface area contributed by atoms with Gasteiger partial charge in [0.2, 0.25) is 0 Å². The van der Waals surface area contributed by atoms with Crippen LogP contribution in [-0.4, -0.2) is 19.3 Å². The Balaban J connectivity index is 2.16. The fraction of sp³-hybridized carbons (Fsp3) is 0.455. The van der Waals surface area contributed by atoms with Gasteiger partial charge in [-0.15, -0.1) is 0 Å². The topological polar surface area (TPSA) is 47.9 Å². The van der Waals surface area contributed by atoms with Crippen molar-refractivity contribution in [1.82, 2.24) is 0 Å². The van der Waals surface area contributed by atoms with Crippen LogP contribution in [0.3, 0.4) is 0 Å². The first kappa shape index (κ1) is 18.4. The molecule has 0 aliphatic carbocycles. The number of hydrogen-bond acceptors (Lipinski definition) is 4. The first-order valence-corrected chi connectivity index (χ1v) is 8.87. The SMILES string of the molecule is COc1cc2c(cc1C)OC(C)(c1cc(OC)c(C)cc1O)CC2(C)C. The van der Waals surface area contributed by atoms with E-state index in [1.54, 1.807) is 20.3 Å². The van der Waals surface area contributed by atoms with Crippen molar-refractivity contribution in [2.24, 2.45) is 0 Å². The fourth-order valence-corrected chi connectivity index (χ4v) is 4.18. The predicted octanol–water partition coefficient (Wildman–Crippen LogP) is 5.00. The molecule has 2 aromatic carbocycles. The van der Waals surface area contributed by atoms with Crippen LogP contribution in [0, 0.1) is 13.8 Å². The molecule has 26 heavy (non-hydrogen) atoms. The molecule has 1 aliphatic heterocycles. The monoisotopic (exact) mass is 356 g/mol. The molecule has 0 saturated carbocycles. The van der Waals surface area contributed by atoms with E-state index >= 15 is 0 Å². The number of methoxy groups -OCH3 is 2. The van der Waals surface area contributed by atoms with Crippen LogP contribution >= 0.6 is 0 Å². The van der Waals surface area contributed by atoms with E-state index < -0.39 is 5.60 Å². The molecule has 1 N–H and O–H groups in total. The molecule has 3 rings (SSSR count). The highest BCUT2D eigenvalue weighted by atomic mass is 16.5. The molecule has 0 amide bonds. The maximum absolute atomic E-state index is 10.6. The average molecular weight is 356 g/mol. The largest absolute Gasteiger partial charge is 0.508 e. The molecular formula is C22H28O4. The highest BCUT2D eigenvalue weighted by molar-refractivity contribution is 5.54. The number of phenols is 1. The Morgan fingerprint density at radius 3 is 2.00 bits per heavy atom. The molecule has 0 radical (unpaired) electrons. The number of aryl methyl sites for hydroxylation is 2. The summed E-state index contributed by atoms with van der Waals surface area (Å²) in [7, 11) is 3.33. The molecule has 1 heterocycles. The van der Waals surface area contributed by atoms with Crippen LogP contribution in [0.4, 0.5) is 0 Å². The van der Waals surface area contributed by atoms with Crippen molar-refractivity contribution < 1.29 is 19.3 Å². The number of hydrogen-bond donors (Lipinski definition) is 1. The molecule has 1 unspecified atom stereocenters. The minimum Gasteiger partial charge on any atom is -0.508 e. The summed E-state index contributed by atoms with van der Waals surface area (Å²) in [6, 6.07) is 7.72. The normalized spacial score (nSPS) is 20.9. The zero-order valence-corrected chi connectivity index (χ0v) is 16.7. The predicted molar refractivity (Wildman–Crippen MR) is 103 cm³/mol. The first-order valence-electron chi connectivity index (χ1n) is 8.87. The second-order valence-electron chi connectivity index (χ2n) is 8.05. The maximum atomic E-state index is 10.6. The van der Waals surface area contributed by atoms with Crippen molar-refractivity contribution in [3.63, 3.8) is 0 Å². The van der Waals surface area contributed by atoms with Gasteiger partial charge >= 0.3 is 0 Å². The summed E-state index contributed by atoms with van der Waals surface area (Å²) in [4.78, 5) is 0. The van der Waals surface area contributed by atoms with Gasteiger partial charge in [-0.3, -0.25) is 0 Å². The van der Waals surface area contributed by atoms with Crippen LogP contribution in [0.5, 0.6) is 23.0 Å². The second kappa shape index (κ2) is 6.11. The summed E-state index contributed by atoms with van der Waals surface area (Å²) in [5, 5.41) is 10.6. The summed E-state index contributed by atoms with van der Waals surface area (Å²) >= 11 is 0. The molecule has 140 valence electrons. The average Bonchev–Trinajstić information content (AvgIpc) is 2.53. The number of ether oxygens (including phenoxy) is 3. The van der Waals surface area contributed by atoms with E-state index in [1.165, 1.54) is 0 Å². The zero-order valence-electron chi connectivity index (χ0n) is 16.7. The Bertz CT molecular complexity index is 854. The Labute approximate surface area is 155 Å². The highest BCUT2D eigenvalue weighted by Crippen LogP contribution is 2.52. The first-order chi connectivity index (χ1) is 12.1. The Hall–Kier alpha value is -2.36. The van der Waals surface area contributed by atoms with Crippen molar-refractivity contribution in [3.8, 4) is 23.0 Å². The second-order valence-corrected chi connectivity index (χ2v) is 8.05. The van der Waals surface area contributed by atoms with Crippen molar-refractivity contribution in [2.45, 2.75) is 52.1 Å². The Kier molecular flexibility index (Phi) is 4.33. The van der Waals surface area contributed by atoms with Gasteiger partial charge < -0.3 is 19.3 Å². The van der Waals surface area contributed by atoms with Gasteiger partial charge in [-0.2, -0.15) is 0 Å². The third-order valence-corrected chi connectivity index (χ3v) is 5.42. The molecule has 0 aromatic heterocycles. The molecule has 1 atom stereocenters. The number of phenolic OH excluding ortho intramolecular Hbond substituents is 1. The van der Waals surface area contributed by atoms with E-state index in [0.29, 0.717) is 0 Å². The standard InChI is InChI=1S/C22H28O4/c1-13-8-17(23)15(10-18(13)24-6)22(5)12-21(3,4)16-11-19(25-7)14(2)9-20(16)26-22/h8-11,23H,12H2,1-7H3. The van der Waals surface area contributed by atoms with Crippen molar-refractivity contribution in [3.05, 3.63) is 46.5 Å². The van der Waals surface area contributed by atoms with Crippen LogP contribution in [0.25, 0.3) is 0 Å². The lowest BCUT2D eigenvalue weighted by atomic mass is 9.70. The summed E-state index contributed by atoms with van der Waals surface area (Å²) in [5.74, 6) is 2.68. The van der Waals surface area contributed by atoms with E-state index in [-0.39, 0.29) is 11.2 Å². The van der Waals surface area contributed by atoms with E-state index in [1.807, 2.05) is 32.9 Å². The number of rotatable bonds is 3. The van der Waals surface area contributed by atoms with Gasteiger partial charge in [-0.25, -0.2) is 0 Å². The lowest BCUT2D eigenvalue weighted by Crippen LogP contribution is -2.41. The smallest absolute Gasteiger partial charge is 0.136 e. The highest BCUT2D eigenvalue weighted by Gasteiger charge is 2.45. The van der Waals surface area contributed by atoms with E-state index in [4.69, 9.17) is 14.2 Å². The summed E-state index contributed by atoms with van der Waals surface area (Å²) in [5.41, 5.74) is 2.98. The van der Waals surface area contributed by atoms with E-state index in [9.17, 15) is 5.11 Å². The minimum absolute atomic E-state index is 0.145. The van der Waals surface area contributed by atoms with Gasteiger partial charge in [0.1, 0.15) is 28.6 Å². The van der Waals surface area contributed by atoms with Crippen molar-refractivity contribution >= 4 is 0 Å². The molecule has 2 aromatic rings. The van der Waals surface area contributed by atoms with Crippen LogP contribution in [0.1, 0.15) is 49.4 Å². The van der Waals surface area contributed by atoms with Gasteiger partial charge in [0, 0.05) is 17.5 Å². The van der Waals surface area contributed by atoms with Gasteiger partial charge in [-0.05, 0) is 61.6 Å². The summed E-state index contributed by atoms with van der Waals surface area (Å²) < 4.78 is 17.4. The van der Waals surface area contributed by atoms with Crippen molar-refractivity contribution in [2.75, 3.05) is 14.2 Å². The van der Waals surface area contributed by atoms with E-state index in [2.05, 4.69) is 19.9 Å². The molecule has 0 spiro atoms.